The topological polar surface area (TPSA) is 34.1 Å². The van der Waals surface area contributed by atoms with Gasteiger partial charge in [0.25, 0.3) is 0 Å². The molecule has 0 aromatic rings. The maximum atomic E-state index is 10.4. The molecule has 0 heterocycles. The lowest BCUT2D eigenvalue weighted by atomic mass is 9.82. The van der Waals surface area contributed by atoms with Crippen LogP contribution in [0.25, 0.3) is 0 Å². The molecule has 0 spiro atoms. The summed E-state index contributed by atoms with van der Waals surface area (Å²) < 4.78 is 0. The van der Waals surface area contributed by atoms with Gasteiger partial charge < -0.3 is 0 Å². The standard InChI is InChI=1S/C10H4O2/c1-3-7-9(5-11)8(4-2)10(7)6-12/h1-2,5-6H. The van der Waals surface area contributed by atoms with Crippen LogP contribution in [0.3, 0.4) is 0 Å². The predicted molar refractivity (Wildman–Crippen MR) is 43.8 cm³/mol. The molecule has 0 unspecified atom stereocenters. The van der Waals surface area contributed by atoms with Gasteiger partial charge in [-0.3, -0.25) is 9.59 Å². The second-order valence-electron chi connectivity index (χ2n) is 2.10. The Kier molecular flexibility index (Phi) is 1.94. The molecule has 2 nitrogen and oxygen atoms in total. The van der Waals surface area contributed by atoms with E-state index in [1.54, 1.807) is 0 Å². The van der Waals surface area contributed by atoms with E-state index in [0.29, 0.717) is 23.7 Å². The molecule has 0 saturated carbocycles. The summed E-state index contributed by atoms with van der Waals surface area (Å²) in [4.78, 5) is 20.8. The average molecular weight is 156 g/mol. The maximum Gasteiger partial charge on any atom is 0.152 e. The zero-order valence-corrected chi connectivity index (χ0v) is 6.13. The highest BCUT2D eigenvalue weighted by molar-refractivity contribution is 6.03. The molecule has 1 rings (SSSR count). The van der Waals surface area contributed by atoms with Gasteiger partial charge in [-0.1, -0.05) is 11.8 Å². The summed E-state index contributed by atoms with van der Waals surface area (Å²) in [6.45, 7) is 0. The summed E-state index contributed by atoms with van der Waals surface area (Å²) in [5.74, 6) is 4.46. The Bertz CT molecular complexity index is 344. The molecular weight excluding hydrogens is 152 g/mol. The highest BCUT2D eigenvalue weighted by Crippen LogP contribution is 2.31. The third-order valence-corrected chi connectivity index (χ3v) is 1.60. The number of carbonyl (C=O) groups excluding carboxylic acids is 2. The van der Waals surface area contributed by atoms with Gasteiger partial charge in [-0.15, -0.1) is 12.8 Å². The molecule has 0 atom stereocenters. The van der Waals surface area contributed by atoms with Crippen LogP contribution >= 0.6 is 0 Å². The highest BCUT2D eigenvalue weighted by Gasteiger charge is 2.25. The first-order chi connectivity index (χ1) is 5.79. The normalized spacial score (nSPS) is 14.5. The van der Waals surface area contributed by atoms with Gasteiger partial charge in [-0.2, -0.15) is 0 Å². The van der Waals surface area contributed by atoms with Gasteiger partial charge >= 0.3 is 0 Å². The highest BCUT2D eigenvalue weighted by atomic mass is 16.1. The lowest BCUT2D eigenvalue weighted by molar-refractivity contribution is -0.104. The number of carbonyl (C=O) groups is 2. The molecule has 0 amide bonds. The molecule has 1 aliphatic rings. The van der Waals surface area contributed by atoms with E-state index in [4.69, 9.17) is 12.8 Å². The largest absolute Gasteiger partial charge is 0.298 e. The van der Waals surface area contributed by atoms with Gasteiger partial charge in [0.2, 0.25) is 0 Å². The minimum atomic E-state index is 0.280. The van der Waals surface area contributed by atoms with Crippen LogP contribution in [0.15, 0.2) is 22.3 Å². The molecule has 0 radical (unpaired) electrons. The van der Waals surface area contributed by atoms with Crippen LogP contribution in [0.4, 0.5) is 0 Å². The van der Waals surface area contributed by atoms with Crippen molar-refractivity contribution in [3.8, 4) is 24.7 Å². The Morgan fingerprint density at radius 1 is 0.917 bits per heavy atom. The van der Waals surface area contributed by atoms with Crippen LogP contribution in [-0.4, -0.2) is 12.6 Å². The van der Waals surface area contributed by atoms with Gasteiger partial charge in [0, 0.05) is 22.3 Å². The summed E-state index contributed by atoms with van der Waals surface area (Å²) in [6, 6.07) is 0. The number of aldehydes is 2. The van der Waals surface area contributed by atoms with Gasteiger partial charge in [-0.05, 0) is 0 Å². The van der Waals surface area contributed by atoms with E-state index < -0.39 is 0 Å². The lowest BCUT2D eigenvalue weighted by Crippen LogP contribution is -2.12. The van der Waals surface area contributed by atoms with Crippen molar-refractivity contribution in [3.05, 3.63) is 22.3 Å². The Hall–Kier alpha value is -2.06. The first kappa shape index (κ1) is 8.04. The summed E-state index contributed by atoms with van der Waals surface area (Å²) in [7, 11) is 0. The fraction of sp³-hybridized carbons (Fsp3) is 0. The van der Waals surface area contributed by atoms with E-state index in [1.807, 2.05) is 0 Å². The Morgan fingerprint density at radius 3 is 1.42 bits per heavy atom. The molecule has 0 saturated heterocycles. The van der Waals surface area contributed by atoms with Crippen LogP contribution < -0.4 is 0 Å². The van der Waals surface area contributed by atoms with Gasteiger partial charge in [-0.25, -0.2) is 0 Å². The fourth-order valence-corrected chi connectivity index (χ4v) is 1.02. The van der Waals surface area contributed by atoms with E-state index >= 15 is 0 Å². The maximum absolute atomic E-state index is 10.4. The first-order valence-corrected chi connectivity index (χ1v) is 3.13. The van der Waals surface area contributed by atoms with E-state index in [-0.39, 0.29) is 11.1 Å². The molecule has 0 bridgehead atoms. The molecule has 0 aromatic heterocycles. The van der Waals surface area contributed by atoms with E-state index in [1.165, 1.54) is 0 Å². The molecule has 56 valence electrons. The summed E-state index contributed by atoms with van der Waals surface area (Å²) in [5, 5.41) is 0. The van der Waals surface area contributed by atoms with Crippen molar-refractivity contribution in [3.63, 3.8) is 0 Å². The van der Waals surface area contributed by atoms with Crippen molar-refractivity contribution in [1.29, 1.82) is 0 Å². The first-order valence-electron chi connectivity index (χ1n) is 3.13. The summed E-state index contributed by atoms with van der Waals surface area (Å²) in [6.07, 6.45) is 11.2. The van der Waals surface area contributed by atoms with Crippen LogP contribution in [0.2, 0.25) is 0 Å². The van der Waals surface area contributed by atoms with Crippen molar-refractivity contribution in [2.24, 2.45) is 0 Å². The van der Waals surface area contributed by atoms with Crippen LogP contribution in [0, 0.1) is 24.7 Å². The van der Waals surface area contributed by atoms with E-state index in [0.717, 1.165) is 0 Å². The molecule has 12 heavy (non-hydrogen) atoms. The van der Waals surface area contributed by atoms with E-state index in [9.17, 15) is 9.59 Å². The van der Waals surface area contributed by atoms with Crippen molar-refractivity contribution >= 4 is 12.6 Å². The number of terminal acetylenes is 2. The zero-order chi connectivity index (χ0) is 9.14. The average Bonchev–Trinajstić information content (AvgIpc) is 2.05. The van der Waals surface area contributed by atoms with Crippen LogP contribution in [0.5, 0.6) is 0 Å². The molecule has 0 aliphatic heterocycles. The predicted octanol–water partition coefficient (Wildman–Crippen LogP) is 0.257. The van der Waals surface area contributed by atoms with Crippen molar-refractivity contribution in [1.82, 2.24) is 0 Å². The zero-order valence-electron chi connectivity index (χ0n) is 6.13. The minimum absolute atomic E-state index is 0.280. The monoisotopic (exact) mass is 156 g/mol. The van der Waals surface area contributed by atoms with Crippen molar-refractivity contribution < 1.29 is 9.59 Å². The molecule has 0 fully saturated rings. The lowest BCUT2D eigenvalue weighted by Gasteiger charge is -2.16. The minimum Gasteiger partial charge on any atom is -0.298 e. The second-order valence-corrected chi connectivity index (χ2v) is 2.10. The van der Waals surface area contributed by atoms with Crippen LogP contribution in [0.1, 0.15) is 0 Å². The summed E-state index contributed by atoms with van der Waals surface area (Å²) >= 11 is 0. The third-order valence-electron chi connectivity index (χ3n) is 1.60. The third kappa shape index (κ3) is 0.794. The number of allylic oxidation sites excluding steroid dienone is 4. The van der Waals surface area contributed by atoms with Crippen LogP contribution in [-0.2, 0) is 9.59 Å². The van der Waals surface area contributed by atoms with Gasteiger partial charge in [0.05, 0.1) is 0 Å². The smallest absolute Gasteiger partial charge is 0.152 e. The number of hydrogen-bond donors (Lipinski definition) is 0. The second kappa shape index (κ2) is 2.90. The Labute approximate surface area is 70.0 Å². The molecule has 0 N–H and O–H groups in total. The van der Waals surface area contributed by atoms with E-state index in [2.05, 4.69) is 11.8 Å². The molecule has 0 aromatic carbocycles. The fourth-order valence-electron chi connectivity index (χ4n) is 1.02. The summed E-state index contributed by atoms with van der Waals surface area (Å²) in [5.41, 5.74) is 1.19. The quantitative estimate of drug-likeness (QED) is 0.424. The van der Waals surface area contributed by atoms with Gasteiger partial charge in [0.15, 0.2) is 12.6 Å². The SMILES string of the molecule is C#CC1=C(C=O)C(C#C)=C1C=O. The Balaban J connectivity index is 3.20. The molecular formula is C10H4O2. The molecule has 1 aliphatic carbocycles. The van der Waals surface area contributed by atoms with Gasteiger partial charge in [0.1, 0.15) is 0 Å². The van der Waals surface area contributed by atoms with Crippen molar-refractivity contribution in [2.75, 3.05) is 0 Å². The number of hydrogen-bond acceptors (Lipinski definition) is 2. The van der Waals surface area contributed by atoms with Crippen molar-refractivity contribution in [2.45, 2.75) is 0 Å². The number of rotatable bonds is 2. The molecule has 2 heteroatoms. The Morgan fingerprint density at radius 2 is 1.25 bits per heavy atom.